The Hall–Kier alpha value is -1.89. The van der Waals surface area contributed by atoms with Crippen LogP contribution < -0.4 is 5.32 Å². The first-order chi connectivity index (χ1) is 10.7. The quantitative estimate of drug-likeness (QED) is 0.771. The molecule has 126 valence electrons. The maximum Gasteiger partial charge on any atom is 0.319 e. The van der Waals surface area contributed by atoms with Gasteiger partial charge in [-0.25, -0.2) is 8.42 Å². The van der Waals surface area contributed by atoms with Crippen molar-refractivity contribution in [2.45, 2.75) is 32.1 Å². The first kappa shape index (κ1) is 17.5. The molecule has 1 aromatic rings. The third-order valence-electron chi connectivity index (χ3n) is 4.27. The summed E-state index contributed by atoms with van der Waals surface area (Å²) in [5.41, 5.74) is 0.0440. The normalized spacial score (nSPS) is 16.9. The number of carbonyl (C=O) groups is 2. The summed E-state index contributed by atoms with van der Waals surface area (Å²) < 4.78 is 22.3. The van der Waals surface area contributed by atoms with Crippen LogP contribution >= 0.6 is 0 Å². The van der Waals surface area contributed by atoms with Gasteiger partial charge in [-0.1, -0.05) is 25.0 Å². The molecule has 0 aliphatic heterocycles. The molecule has 0 bridgehead atoms. The van der Waals surface area contributed by atoms with Gasteiger partial charge in [0.2, 0.25) is 5.91 Å². The molecule has 1 amide bonds. The second kappa shape index (κ2) is 6.70. The van der Waals surface area contributed by atoms with Gasteiger partial charge in [0.15, 0.2) is 0 Å². The van der Waals surface area contributed by atoms with E-state index in [2.05, 4.69) is 5.32 Å². The van der Waals surface area contributed by atoms with Crippen molar-refractivity contribution in [1.82, 2.24) is 0 Å². The molecule has 1 saturated carbocycles. The Morgan fingerprint density at radius 3 is 2.22 bits per heavy atom. The highest BCUT2D eigenvalue weighted by Crippen LogP contribution is 2.39. The number of carbonyl (C=O) groups excluding carboxylic acids is 1. The molecule has 0 atom stereocenters. The number of sulfone groups is 1. The predicted molar refractivity (Wildman–Crippen MR) is 87.0 cm³/mol. The molecule has 0 spiro atoms. The van der Waals surface area contributed by atoms with Crippen LogP contribution in [0.1, 0.15) is 31.2 Å². The topological polar surface area (TPSA) is 101 Å². The summed E-state index contributed by atoms with van der Waals surface area (Å²) in [6.07, 6.45) is 3.80. The van der Waals surface area contributed by atoms with Gasteiger partial charge in [-0.05, 0) is 37.0 Å². The molecule has 1 fully saturated rings. The molecule has 0 unspecified atom stereocenters. The number of aliphatic carboxylic acids is 1. The van der Waals surface area contributed by atoms with Crippen molar-refractivity contribution in [1.29, 1.82) is 0 Å². The number of amides is 1. The van der Waals surface area contributed by atoms with Crippen LogP contribution in [0, 0.1) is 5.41 Å². The zero-order valence-corrected chi connectivity index (χ0v) is 13.9. The van der Waals surface area contributed by atoms with E-state index >= 15 is 0 Å². The van der Waals surface area contributed by atoms with E-state index in [1.165, 1.54) is 6.26 Å². The standard InChI is InChI=1S/C16H21NO5S/c1-23(21,22)11-8-12-4-6-13(7-5-12)17-14(18)16(15(19)20)9-2-3-10-16/h4-7H,2-3,8-11H2,1H3,(H,17,18)(H,19,20). The van der Waals surface area contributed by atoms with Gasteiger partial charge in [-0.3, -0.25) is 9.59 Å². The number of hydrogen-bond donors (Lipinski definition) is 2. The number of nitrogens with one attached hydrogen (secondary N) is 1. The van der Waals surface area contributed by atoms with Gasteiger partial charge in [0, 0.05) is 11.9 Å². The zero-order chi connectivity index (χ0) is 17.1. The summed E-state index contributed by atoms with van der Waals surface area (Å²) in [6, 6.07) is 6.81. The third kappa shape index (κ3) is 4.31. The summed E-state index contributed by atoms with van der Waals surface area (Å²) in [5, 5.41) is 12.1. The second-order valence-corrected chi connectivity index (χ2v) is 8.39. The van der Waals surface area contributed by atoms with Crippen molar-refractivity contribution in [2.24, 2.45) is 5.41 Å². The molecule has 6 nitrogen and oxygen atoms in total. The van der Waals surface area contributed by atoms with Crippen molar-refractivity contribution >= 4 is 27.4 Å². The van der Waals surface area contributed by atoms with Crippen LogP contribution in [-0.2, 0) is 25.8 Å². The second-order valence-electron chi connectivity index (χ2n) is 6.13. The van der Waals surface area contributed by atoms with Crippen LogP contribution in [0.3, 0.4) is 0 Å². The van der Waals surface area contributed by atoms with Gasteiger partial charge >= 0.3 is 5.97 Å². The maximum absolute atomic E-state index is 12.3. The molecule has 0 saturated heterocycles. The van der Waals surface area contributed by atoms with Crippen LogP contribution in [0.5, 0.6) is 0 Å². The number of benzene rings is 1. The lowest BCUT2D eigenvalue weighted by atomic mass is 9.85. The van der Waals surface area contributed by atoms with E-state index in [-0.39, 0.29) is 5.75 Å². The number of carboxylic acids is 1. The highest BCUT2D eigenvalue weighted by Gasteiger charge is 2.48. The van der Waals surface area contributed by atoms with E-state index in [0.717, 1.165) is 18.4 Å². The van der Waals surface area contributed by atoms with Crippen LogP contribution in [0.2, 0.25) is 0 Å². The zero-order valence-electron chi connectivity index (χ0n) is 13.0. The Bertz CT molecular complexity index is 688. The summed E-state index contributed by atoms with van der Waals surface area (Å²) >= 11 is 0. The highest BCUT2D eigenvalue weighted by atomic mass is 32.2. The van der Waals surface area contributed by atoms with Crippen molar-refractivity contribution in [3.63, 3.8) is 0 Å². The molecule has 0 radical (unpaired) electrons. The fraction of sp³-hybridized carbons (Fsp3) is 0.500. The van der Waals surface area contributed by atoms with Crippen LogP contribution in [0.25, 0.3) is 0 Å². The summed E-state index contributed by atoms with van der Waals surface area (Å²) in [5.74, 6) is -1.48. The molecule has 1 aliphatic rings. The molecule has 23 heavy (non-hydrogen) atoms. The summed E-state index contributed by atoms with van der Waals surface area (Å²) in [7, 11) is -3.02. The molecule has 1 aromatic carbocycles. The lowest BCUT2D eigenvalue weighted by Crippen LogP contribution is -2.40. The minimum atomic E-state index is -3.02. The fourth-order valence-electron chi connectivity index (χ4n) is 2.83. The Kier molecular flexibility index (Phi) is 5.09. The van der Waals surface area contributed by atoms with E-state index in [1.54, 1.807) is 24.3 Å². The van der Waals surface area contributed by atoms with Crippen molar-refractivity contribution < 1.29 is 23.1 Å². The van der Waals surface area contributed by atoms with Crippen molar-refractivity contribution in [3.8, 4) is 0 Å². The van der Waals surface area contributed by atoms with Crippen molar-refractivity contribution in [3.05, 3.63) is 29.8 Å². The molecule has 0 aromatic heterocycles. The average molecular weight is 339 g/mol. The van der Waals surface area contributed by atoms with Crippen molar-refractivity contribution in [2.75, 3.05) is 17.3 Å². The predicted octanol–water partition coefficient (Wildman–Crippen LogP) is 1.86. The summed E-state index contributed by atoms with van der Waals surface area (Å²) in [4.78, 5) is 23.8. The van der Waals surface area contributed by atoms with Gasteiger partial charge in [0.1, 0.15) is 15.3 Å². The minimum Gasteiger partial charge on any atom is -0.480 e. The Balaban J connectivity index is 2.03. The van der Waals surface area contributed by atoms with Gasteiger partial charge in [-0.15, -0.1) is 0 Å². The monoisotopic (exact) mass is 339 g/mol. The van der Waals surface area contributed by atoms with E-state index in [9.17, 15) is 23.1 Å². The minimum absolute atomic E-state index is 0.0703. The lowest BCUT2D eigenvalue weighted by Gasteiger charge is -2.22. The maximum atomic E-state index is 12.3. The van der Waals surface area contributed by atoms with E-state index in [0.29, 0.717) is 24.9 Å². The largest absolute Gasteiger partial charge is 0.480 e. The smallest absolute Gasteiger partial charge is 0.319 e. The van der Waals surface area contributed by atoms with E-state index < -0.39 is 27.1 Å². The highest BCUT2D eigenvalue weighted by molar-refractivity contribution is 7.90. The molecular formula is C16H21NO5S. The van der Waals surface area contributed by atoms with Gasteiger partial charge < -0.3 is 10.4 Å². The first-order valence-electron chi connectivity index (χ1n) is 7.54. The first-order valence-corrected chi connectivity index (χ1v) is 9.60. The molecule has 0 heterocycles. The SMILES string of the molecule is CS(=O)(=O)CCc1ccc(NC(=O)C2(C(=O)O)CCCC2)cc1. The number of rotatable bonds is 6. The van der Waals surface area contributed by atoms with Crippen LogP contribution in [0.4, 0.5) is 5.69 Å². The van der Waals surface area contributed by atoms with Gasteiger partial charge in [0.05, 0.1) is 5.75 Å². The number of carboxylic acid groups (broad SMARTS) is 1. The fourth-order valence-corrected chi connectivity index (χ4v) is 3.43. The van der Waals surface area contributed by atoms with E-state index in [1.807, 2.05) is 0 Å². The molecule has 2 rings (SSSR count). The third-order valence-corrected chi connectivity index (χ3v) is 5.22. The average Bonchev–Trinajstić information content (AvgIpc) is 2.96. The number of hydrogen-bond acceptors (Lipinski definition) is 4. The molecular weight excluding hydrogens is 318 g/mol. The number of aryl methyl sites for hydroxylation is 1. The van der Waals surface area contributed by atoms with Crippen LogP contribution in [-0.4, -0.2) is 37.4 Å². The van der Waals surface area contributed by atoms with Gasteiger partial charge in [0.25, 0.3) is 0 Å². The van der Waals surface area contributed by atoms with Crippen LogP contribution in [0.15, 0.2) is 24.3 Å². The molecule has 7 heteroatoms. The Labute approximate surface area is 135 Å². The Morgan fingerprint density at radius 1 is 1.17 bits per heavy atom. The summed E-state index contributed by atoms with van der Waals surface area (Å²) in [6.45, 7) is 0. The Morgan fingerprint density at radius 2 is 1.74 bits per heavy atom. The lowest BCUT2D eigenvalue weighted by molar-refractivity contribution is -0.153. The molecule has 1 aliphatic carbocycles. The van der Waals surface area contributed by atoms with E-state index in [4.69, 9.17) is 0 Å². The molecule has 2 N–H and O–H groups in total. The van der Waals surface area contributed by atoms with Gasteiger partial charge in [-0.2, -0.15) is 0 Å². The number of anilines is 1.